The first-order valence-electron chi connectivity index (χ1n) is 8.02. The zero-order chi connectivity index (χ0) is 16.8. The Kier molecular flexibility index (Phi) is 17.2. The minimum atomic E-state index is 1.14. The Balaban J connectivity index is 3.85. The summed E-state index contributed by atoms with van der Waals surface area (Å²) in [7, 11) is 0. The fourth-order valence-electron chi connectivity index (χ4n) is 1.38. The first-order valence-corrected chi connectivity index (χ1v) is 8.02. The highest BCUT2D eigenvalue weighted by Gasteiger charge is 1.68. The molecule has 0 unspecified atom stereocenters. The fourth-order valence-corrected chi connectivity index (χ4v) is 1.38. The van der Waals surface area contributed by atoms with Crippen molar-refractivity contribution in [1.29, 1.82) is 0 Å². The molecule has 0 aliphatic rings. The number of hydrogen-bond donors (Lipinski definition) is 0. The van der Waals surface area contributed by atoms with Gasteiger partial charge in [0.25, 0.3) is 0 Å². The Hall–Kier alpha value is -2.60. The summed E-state index contributed by atoms with van der Waals surface area (Å²) in [6.07, 6.45) is 40.2. The third-order valence-electron chi connectivity index (χ3n) is 2.51. The fraction of sp³-hybridized carbons (Fsp3) is 0.130. The summed E-state index contributed by atoms with van der Waals surface area (Å²) in [5.74, 6) is 0. The van der Waals surface area contributed by atoms with E-state index >= 15 is 0 Å². The molecule has 0 bridgehead atoms. The molecule has 23 heavy (non-hydrogen) atoms. The number of unbranched alkanes of at least 4 members (excludes halogenated alkanes) is 1. The van der Waals surface area contributed by atoms with Gasteiger partial charge in [-0.05, 0) is 6.42 Å². The van der Waals surface area contributed by atoms with Crippen LogP contribution in [0.5, 0.6) is 0 Å². The topological polar surface area (TPSA) is 0 Å². The summed E-state index contributed by atoms with van der Waals surface area (Å²) in [6, 6.07) is 0. The molecule has 0 heterocycles. The smallest absolute Gasteiger partial charge is 0.0350 e. The summed E-state index contributed by atoms with van der Waals surface area (Å²) >= 11 is 0. The van der Waals surface area contributed by atoms with Crippen LogP contribution in [0.25, 0.3) is 0 Å². The van der Waals surface area contributed by atoms with Gasteiger partial charge in [-0.25, -0.2) is 0 Å². The third-order valence-corrected chi connectivity index (χ3v) is 2.51. The summed E-state index contributed by atoms with van der Waals surface area (Å²) < 4.78 is 0. The molecule has 0 spiro atoms. The third kappa shape index (κ3) is 19.4. The molecule has 0 fully saturated rings. The molecule has 0 saturated carbocycles. The Labute approximate surface area is 142 Å². The zero-order valence-corrected chi connectivity index (χ0v) is 14.1. The van der Waals surface area contributed by atoms with E-state index in [1.807, 2.05) is 97.2 Å². The summed E-state index contributed by atoms with van der Waals surface area (Å²) in [4.78, 5) is 0. The lowest BCUT2D eigenvalue weighted by molar-refractivity contribution is 0.959. The van der Waals surface area contributed by atoms with Gasteiger partial charge in [0, 0.05) is 0 Å². The molecule has 0 N–H and O–H groups in total. The predicted octanol–water partition coefficient (Wildman–Crippen LogP) is 6.98. The molecule has 0 heteroatoms. The molecule has 120 valence electrons. The van der Waals surface area contributed by atoms with Crippen molar-refractivity contribution in [2.45, 2.75) is 19.8 Å². The summed E-state index contributed by atoms with van der Waals surface area (Å²) in [5, 5.41) is 0. The Morgan fingerprint density at radius 3 is 1.09 bits per heavy atom. The lowest BCUT2D eigenvalue weighted by Crippen LogP contribution is -1.58. The maximum atomic E-state index is 3.60. The SMILES string of the molecule is C=C/C=C/C=C/C=C/C=C/C=C/C=C/C=C/C=C/C=C/CCC. The van der Waals surface area contributed by atoms with Crippen LogP contribution in [-0.2, 0) is 0 Å². The average molecular weight is 304 g/mol. The van der Waals surface area contributed by atoms with Crippen LogP contribution in [0.3, 0.4) is 0 Å². The van der Waals surface area contributed by atoms with E-state index in [0.29, 0.717) is 0 Å². The van der Waals surface area contributed by atoms with E-state index in [2.05, 4.69) is 25.7 Å². The van der Waals surface area contributed by atoms with Crippen molar-refractivity contribution in [2.75, 3.05) is 0 Å². The van der Waals surface area contributed by atoms with Crippen LogP contribution in [0.15, 0.2) is 122 Å². The zero-order valence-electron chi connectivity index (χ0n) is 14.1. The lowest BCUT2D eigenvalue weighted by atomic mass is 10.3. The number of hydrogen-bond acceptors (Lipinski definition) is 0. The van der Waals surface area contributed by atoms with Gasteiger partial charge in [0.2, 0.25) is 0 Å². The van der Waals surface area contributed by atoms with Crippen molar-refractivity contribution < 1.29 is 0 Å². The van der Waals surface area contributed by atoms with Gasteiger partial charge in [-0.1, -0.05) is 135 Å². The molecule has 0 rings (SSSR count). The first-order chi connectivity index (χ1) is 11.4. The van der Waals surface area contributed by atoms with E-state index in [0.717, 1.165) is 6.42 Å². The Bertz CT molecular complexity index is 526. The Morgan fingerprint density at radius 2 is 0.783 bits per heavy atom. The van der Waals surface area contributed by atoms with Gasteiger partial charge in [0.15, 0.2) is 0 Å². The second kappa shape index (κ2) is 19.4. The van der Waals surface area contributed by atoms with Crippen LogP contribution in [-0.4, -0.2) is 0 Å². The highest BCUT2D eigenvalue weighted by molar-refractivity contribution is 5.22. The maximum Gasteiger partial charge on any atom is -0.0350 e. The summed E-state index contributed by atoms with van der Waals surface area (Å²) in [5.41, 5.74) is 0. The molecular weight excluding hydrogens is 276 g/mol. The van der Waals surface area contributed by atoms with Crippen LogP contribution in [0, 0.1) is 0 Å². The summed E-state index contributed by atoms with van der Waals surface area (Å²) in [6.45, 7) is 5.78. The molecule has 0 saturated heterocycles. The molecule has 0 aromatic rings. The molecule has 0 aliphatic heterocycles. The number of rotatable bonds is 11. The molecule has 0 nitrogen and oxygen atoms in total. The molecule has 0 aromatic carbocycles. The van der Waals surface area contributed by atoms with Gasteiger partial charge in [0.1, 0.15) is 0 Å². The van der Waals surface area contributed by atoms with E-state index in [4.69, 9.17) is 0 Å². The largest absolute Gasteiger partial charge is 0.0991 e. The van der Waals surface area contributed by atoms with Crippen molar-refractivity contribution in [3.05, 3.63) is 122 Å². The van der Waals surface area contributed by atoms with Gasteiger partial charge >= 0.3 is 0 Å². The molecule has 0 amide bonds. The van der Waals surface area contributed by atoms with Gasteiger partial charge in [-0.2, -0.15) is 0 Å². The standard InChI is InChI=1S/C23H28/c1-3-5-7-9-11-13-15-17-19-21-23-22-20-18-16-14-12-10-8-6-4-2/h3,5,7-23H,1,4,6H2,2H3/b7-5+,10-8+,11-9+,14-12+,15-13+,18-16+,19-17+,22-20+,23-21+. The first kappa shape index (κ1) is 20.4. The van der Waals surface area contributed by atoms with Crippen LogP contribution < -0.4 is 0 Å². The average Bonchev–Trinajstić information content (AvgIpc) is 2.57. The second-order valence-electron chi connectivity index (χ2n) is 4.53. The Morgan fingerprint density at radius 1 is 0.478 bits per heavy atom. The molecule has 0 radical (unpaired) electrons. The van der Waals surface area contributed by atoms with E-state index in [1.54, 1.807) is 6.08 Å². The van der Waals surface area contributed by atoms with Gasteiger partial charge in [-0.15, -0.1) is 0 Å². The predicted molar refractivity (Wildman–Crippen MR) is 107 cm³/mol. The van der Waals surface area contributed by atoms with Crippen molar-refractivity contribution in [3.63, 3.8) is 0 Å². The molecular formula is C23H28. The molecule has 0 aliphatic carbocycles. The quantitative estimate of drug-likeness (QED) is 0.361. The molecule has 0 aromatic heterocycles. The van der Waals surface area contributed by atoms with Crippen molar-refractivity contribution >= 4 is 0 Å². The van der Waals surface area contributed by atoms with E-state index in [1.165, 1.54) is 6.42 Å². The van der Waals surface area contributed by atoms with Crippen LogP contribution in [0.1, 0.15) is 19.8 Å². The van der Waals surface area contributed by atoms with Gasteiger partial charge in [-0.3, -0.25) is 0 Å². The van der Waals surface area contributed by atoms with Crippen molar-refractivity contribution in [1.82, 2.24) is 0 Å². The minimum Gasteiger partial charge on any atom is -0.0991 e. The van der Waals surface area contributed by atoms with Crippen molar-refractivity contribution in [3.8, 4) is 0 Å². The monoisotopic (exact) mass is 304 g/mol. The van der Waals surface area contributed by atoms with Crippen LogP contribution in [0.2, 0.25) is 0 Å². The van der Waals surface area contributed by atoms with E-state index in [9.17, 15) is 0 Å². The van der Waals surface area contributed by atoms with Gasteiger partial charge in [0.05, 0.1) is 0 Å². The van der Waals surface area contributed by atoms with Crippen molar-refractivity contribution in [2.24, 2.45) is 0 Å². The highest BCUT2D eigenvalue weighted by Crippen LogP contribution is 1.89. The van der Waals surface area contributed by atoms with Crippen LogP contribution in [0.4, 0.5) is 0 Å². The van der Waals surface area contributed by atoms with Gasteiger partial charge < -0.3 is 0 Å². The van der Waals surface area contributed by atoms with E-state index < -0.39 is 0 Å². The molecule has 0 atom stereocenters. The highest BCUT2D eigenvalue weighted by atomic mass is 13.8. The minimum absolute atomic E-state index is 1.14. The maximum absolute atomic E-state index is 3.60. The second-order valence-corrected chi connectivity index (χ2v) is 4.53. The number of allylic oxidation sites excluding steroid dienone is 19. The van der Waals surface area contributed by atoms with E-state index in [-0.39, 0.29) is 0 Å². The van der Waals surface area contributed by atoms with Crippen LogP contribution >= 0.6 is 0 Å². The normalized spacial score (nSPS) is 14.1. The lowest BCUT2D eigenvalue weighted by Gasteiger charge is -1.79.